The van der Waals surface area contributed by atoms with E-state index in [2.05, 4.69) is 138 Å². The normalized spacial score (nSPS) is 11.8. The molecule has 0 spiro atoms. The van der Waals surface area contributed by atoms with Crippen LogP contribution in [0.15, 0.2) is 167 Å². The van der Waals surface area contributed by atoms with E-state index in [1.165, 1.54) is 0 Å². The molecule has 5 heteroatoms. The number of benzene rings is 7. The number of furan rings is 2. The number of rotatable bonds is 5. The Kier molecular flexibility index (Phi) is 6.01. The van der Waals surface area contributed by atoms with Gasteiger partial charge in [0.2, 0.25) is 0 Å². The van der Waals surface area contributed by atoms with Gasteiger partial charge in [-0.2, -0.15) is 0 Å². The van der Waals surface area contributed by atoms with Crippen molar-refractivity contribution in [1.82, 2.24) is 4.98 Å². The molecule has 3 aromatic heterocycles. The second-order valence-corrected chi connectivity index (χ2v) is 13.0. The smallest absolute Gasteiger partial charge is 0.159 e. The summed E-state index contributed by atoms with van der Waals surface area (Å²) in [6.45, 7) is 0. The van der Waals surface area contributed by atoms with Crippen LogP contribution in [0.1, 0.15) is 0 Å². The third-order valence-corrected chi connectivity index (χ3v) is 10.2. The Labute approximate surface area is 279 Å². The van der Waals surface area contributed by atoms with Gasteiger partial charge in [0.15, 0.2) is 5.58 Å². The number of hydrogen-bond donors (Lipinski definition) is 0. The van der Waals surface area contributed by atoms with Crippen LogP contribution >= 0.6 is 11.3 Å². The van der Waals surface area contributed by atoms with Crippen LogP contribution < -0.4 is 4.90 Å². The lowest BCUT2D eigenvalue weighted by Crippen LogP contribution is -2.10. The summed E-state index contributed by atoms with van der Waals surface area (Å²) in [5, 5.41) is 5.39. The van der Waals surface area contributed by atoms with Gasteiger partial charge in [0.1, 0.15) is 21.8 Å². The summed E-state index contributed by atoms with van der Waals surface area (Å²) in [6, 6.07) is 54.8. The van der Waals surface area contributed by atoms with E-state index in [-0.39, 0.29) is 0 Å². The fourth-order valence-electron chi connectivity index (χ4n) is 6.85. The van der Waals surface area contributed by atoms with Gasteiger partial charge in [-0.05, 0) is 71.8 Å². The Balaban J connectivity index is 1.06. The van der Waals surface area contributed by atoms with Crippen molar-refractivity contribution in [2.45, 2.75) is 0 Å². The van der Waals surface area contributed by atoms with E-state index in [1.54, 1.807) is 11.3 Å². The van der Waals surface area contributed by atoms with Crippen LogP contribution in [0.25, 0.3) is 75.8 Å². The molecule has 0 saturated heterocycles. The highest BCUT2D eigenvalue weighted by atomic mass is 32.1. The number of para-hydroxylation sites is 3. The minimum Gasteiger partial charge on any atom is -0.456 e. The maximum absolute atomic E-state index is 6.46. The molecule has 0 aliphatic heterocycles. The van der Waals surface area contributed by atoms with Gasteiger partial charge < -0.3 is 13.7 Å². The lowest BCUT2D eigenvalue weighted by atomic mass is 10.0. The minimum atomic E-state index is 0.855. The van der Waals surface area contributed by atoms with Gasteiger partial charge in [0, 0.05) is 33.1 Å². The van der Waals surface area contributed by atoms with Gasteiger partial charge in [-0.1, -0.05) is 97.1 Å². The molecule has 0 atom stereocenters. The van der Waals surface area contributed by atoms with Gasteiger partial charge in [0.25, 0.3) is 0 Å². The highest BCUT2D eigenvalue weighted by Crippen LogP contribution is 2.43. The predicted octanol–water partition coefficient (Wildman–Crippen LogP) is 12.9. The van der Waals surface area contributed by atoms with E-state index < -0.39 is 0 Å². The molecule has 10 aromatic rings. The Morgan fingerprint density at radius 2 is 1.21 bits per heavy atom. The molecule has 0 unspecified atom stereocenters. The molecular formula is C43H26N2O2S. The number of aromatic nitrogens is 1. The van der Waals surface area contributed by atoms with Gasteiger partial charge >= 0.3 is 0 Å². The average molecular weight is 635 g/mol. The standard InChI is InChI=1S/C43H26N2O2S/c1-3-10-28(11-4-1)43-44-41-39(48-43)25-24-37-40(41)34-23-20-29(26-38(34)46-37)27-18-21-31(22-19-27)45(30-12-5-2-6-13-30)35-16-9-15-33-32-14-7-8-17-36(32)47-42(33)35/h1-26H. The number of thiazole rings is 1. The van der Waals surface area contributed by atoms with E-state index in [1.807, 2.05) is 24.3 Å². The van der Waals surface area contributed by atoms with E-state index in [0.717, 1.165) is 92.9 Å². The van der Waals surface area contributed by atoms with Crippen LogP contribution in [0, 0.1) is 0 Å². The molecule has 3 heterocycles. The number of anilines is 3. The third kappa shape index (κ3) is 4.25. The summed E-state index contributed by atoms with van der Waals surface area (Å²) in [7, 11) is 0. The Morgan fingerprint density at radius 3 is 2.06 bits per heavy atom. The molecule has 48 heavy (non-hydrogen) atoms. The van der Waals surface area contributed by atoms with Crippen LogP contribution in [0.5, 0.6) is 0 Å². The summed E-state index contributed by atoms with van der Waals surface area (Å²) in [6.07, 6.45) is 0. The molecule has 0 radical (unpaired) electrons. The summed E-state index contributed by atoms with van der Waals surface area (Å²) in [4.78, 5) is 7.33. The van der Waals surface area contributed by atoms with Gasteiger partial charge in [-0.3, -0.25) is 0 Å². The van der Waals surface area contributed by atoms with Crippen molar-refractivity contribution in [3.8, 4) is 21.7 Å². The van der Waals surface area contributed by atoms with E-state index >= 15 is 0 Å². The highest BCUT2D eigenvalue weighted by molar-refractivity contribution is 7.21. The molecule has 0 saturated carbocycles. The highest BCUT2D eigenvalue weighted by Gasteiger charge is 2.20. The topological polar surface area (TPSA) is 42.4 Å². The quantitative estimate of drug-likeness (QED) is 0.189. The maximum Gasteiger partial charge on any atom is 0.159 e. The SMILES string of the molecule is c1ccc(-c2nc3c(ccc4oc5cc(-c6ccc(N(c7ccccc7)c7cccc8c7oc7ccccc78)cc6)ccc5c43)s2)cc1. The first-order valence-corrected chi connectivity index (χ1v) is 16.8. The molecule has 10 rings (SSSR count). The first-order valence-electron chi connectivity index (χ1n) is 16.0. The van der Waals surface area contributed by atoms with Crippen LogP contribution in [0.3, 0.4) is 0 Å². The lowest BCUT2D eigenvalue weighted by Gasteiger charge is -2.25. The summed E-state index contributed by atoms with van der Waals surface area (Å²) < 4.78 is 14.0. The fraction of sp³-hybridized carbons (Fsp3) is 0. The second kappa shape index (κ2) is 10.7. The average Bonchev–Trinajstić information content (AvgIpc) is 3.86. The van der Waals surface area contributed by atoms with Crippen LogP contribution in [0.4, 0.5) is 17.1 Å². The molecule has 0 N–H and O–H groups in total. The van der Waals surface area contributed by atoms with Crippen LogP contribution in [0.2, 0.25) is 0 Å². The Bertz CT molecular complexity index is 2780. The first-order chi connectivity index (χ1) is 23.8. The maximum atomic E-state index is 6.46. The molecule has 0 bridgehead atoms. The third-order valence-electron chi connectivity index (χ3n) is 9.11. The zero-order valence-electron chi connectivity index (χ0n) is 25.6. The predicted molar refractivity (Wildman–Crippen MR) is 200 cm³/mol. The Morgan fingerprint density at radius 1 is 0.479 bits per heavy atom. The van der Waals surface area contributed by atoms with Crippen LogP contribution in [-0.4, -0.2) is 4.98 Å². The summed E-state index contributed by atoms with van der Waals surface area (Å²) in [5.74, 6) is 0. The molecule has 7 aromatic carbocycles. The van der Waals surface area contributed by atoms with E-state index in [4.69, 9.17) is 13.8 Å². The van der Waals surface area contributed by atoms with Gasteiger partial charge in [-0.25, -0.2) is 4.98 Å². The van der Waals surface area contributed by atoms with Crippen molar-refractivity contribution in [1.29, 1.82) is 0 Å². The first kappa shape index (κ1) is 27.0. The van der Waals surface area contributed by atoms with Gasteiger partial charge in [-0.15, -0.1) is 11.3 Å². The largest absolute Gasteiger partial charge is 0.456 e. The fourth-order valence-corrected chi connectivity index (χ4v) is 7.83. The molecule has 0 aliphatic rings. The van der Waals surface area contributed by atoms with Crippen molar-refractivity contribution in [2.24, 2.45) is 0 Å². The number of fused-ring (bicyclic) bond motifs is 8. The van der Waals surface area contributed by atoms with Crippen LogP contribution in [-0.2, 0) is 0 Å². The van der Waals surface area contributed by atoms with Crippen molar-refractivity contribution in [3.63, 3.8) is 0 Å². The molecule has 4 nitrogen and oxygen atoms in total. The molecule has 0 amide bonds. The van der Waals surface area contributed by atoms with Gasteiger partial charge in [0.05, 0.1) is 21.3 Å². The Hall–Kier alpha value is -6.17. The molecule has 226 valence electrons. The van der Waals surface area contributed by atoms with Crippen molar-refractivity contribution < 1.29 is 8.83 Å². The molecule has 0 aliphatic carbocycles. The lowest BCUT2D eigenvalue weighted by molar-refractivity contribution is 0.669. The van der Waals surface area contributed by atoms with Crippen molar-refractivity contribution in [2.75, 3.05) is 4.90 Å². The number of hydrogen-bond acceptors (Lipinski definition) is 5. The van der Waals surface area contributed by atoms with E-state index in [0.29, 0.717) is 0 Å². The molecular weight excluding hydrogens is 609 g/mol. The summed E-state index contributed by atoms with van der Waals surface area (Å²) in [5.41, 5.74) is 10.9. The molecule has 0 fully saturated rings. The summed E-state index contributed by atoms with van der Waals surface area (Å²) >= 11 is 1.72. The number of nitrogens with zero attached hydrogens (tertiary/aromatic N) is 2. The zero-order valence-corrected chi connectivity index (χ0v) is 26.4. The zero-order chi connectivity index (χ0) is 31.6. The second-order valence-electron chi connectivity index (χ2n) is 12.0. The van der Waals surface area contributed by atoms with Crippen molar-refractivity contribution >= 4 is 82.5 Å². The van der Waals surface area contributed by atoms with E-state index in [9.17, 15) is 0 Å². The monoisotopic (exact) mass is 634 g/mol. The van der Waals surface area contributed by atoms with Crippen molar-refractivity contribution in [3.05, 3.63) is 158 Å². The minimum absolute atomic E-state index is 0.855.